The van der Waals surface area contributed by atoms with E-state index in [1.54, 1.807) is 0 Å². The number of amidine groups is 1. The molecule has 0 atom stereocenters. The van der Waals surface area contributed by atoms with E-state index in [0.29, 0.717) is 0 Å². The maximum Gasteiger partial charge on any atom is 0.297 e. The van der Waals surface area contributed by atoms with Gasteiger partial charge in [-0.1, -0.05) is 0 Å². The summed E-state index contributed by atoms with van der Waals surface area (Å²) < 4.78 is 43.0. The van der Waals surface area contributed by atoms with Gasteiger partial charge in [0.25, 0.3) is 16.0 Å². The lowest BCUT2D eigenvalue weighted by molar-refractivity contribution is 0.397. The number of hydrogen-bond donors (Lipinski definition) is 1. The van der Waals surface area contributed by atoms with Crippen molar-refractivity contribution in [2.45, 2.75) is 4.90 Å². The first-order valence-electron chi connectivity index (χ1n) is 3.86. The molecule has 7 heteroatoms. The molecular formula is C8H9FN2O3S. The van der Waals surface area contributed by atoms with Crippen LogP contribution in [0.2, 0.25) is 0 Å². The van der Waals surface area contributed by atoms with Crippen molar-refractivity contribution < 1.29 is 17.5 Å². The summed E-state index contributed by atoms with van der Waals surface area (Å²) in [6, 6.07) is 3.75. The van der Waals surface area contributed by atoms with E-state index in [1.807, 2.05) is 0 Å². The van der Waals surface area contributed by atoms with E-state index < -0.39 is 21.9 Å². The molecule has 0 amide bonds. The summed E-state index contributed by atoms with van der Waals surface area (Å²) in [4.78, 5) is -0.149. The minimum Gasteiger partial charge on any atom is -0.468 e. The Morgan fingerprint density at radius 2 is 1.93 bits per heavy atom. The second kappa shape index (κ2) is 4.26. The summed E-state index contributed by atoms with van der Waals surface area (Å²) in [6.07, 6.45) is 0. The first kappa shape index (κ1) is 11.4. The van der Waals surface area contributed by atoms with Crippen LogP contribution in [0.3, 0.4) is 0 Å². The molecule has 0 fully saturated rings. The molecule has 0 aliphatic heterocycles. The fourth-order valence-corrected chi connectivity index (χ4v) is 1.71. The molecule has 0 aliphatic carbocycles. The van der Waals surface area contributed by atoms with Crippen LogP contribution in [0.1, 0.15) is 0 Å². The molecule has 1 aromatic rings. The Balaban J connectivity index is 3.13. The maximum absolute atomic E-state index is 12.5. The van der Waals surface area contributed by atoms with Gasteiger partial charge in [-0.3, -0.25) is 0 Å². The molecule has 2 N–H and O–H groups in total. The van der Waals surface area contributed by atoms with Crippen LogP contribution in [0.25, 0.3) is 0 Å². The highest BCUT2D eigenvalue weighted by Crippen LogP contribution is 2.12. The zero-order chi connectivity index (χ0) is 11.5. The molecule has 82 valence electrons. The fraction of sp³-hybridized carbons (Fsp3) is 0.125. The van der Waals surface area contributed by atoms with Crippen LogP contribution in [0.4, 0.5) is 4.39 Å². The van der Waals surface area contributed by atoms with Gasteiger partial charge in [-0.05, 0) is 24.3 Å². The molecule has 0 aromatic heterocycles. The van der Waals surface area contributed by atoms with E-state index in [0.717, 1.165) is 24.3 Å². The number of nitrogens with zero attached hydrogens (tertiary/aromatic N) is 1. The summed E-state index contributed by atoms with van der Waals surface area (Å²) in [5.74, 6) is -0.530. The van der Waals surface area contributed by atoms with E-state index in [2.05, 4.69) is 9.13 Å². The third-order valence-corrected chi connectivity index (χ3v) is 2.82. The highest BCUT2D eigenvalue weighted by molar-refractivity contribution is 7.90. The van der Waals surface area contributed by atoms with Crippen LogP contribution in [-0.2, 0) is 14.8 Å². The summed E-state index contributed by atoms with van der Waals surface area (Å²) in [5, 5.41) is 0. The smallest absolute Gasteiger partial charge is 0.297 e. The largest absolute Gasteiger partial charge is 0.468 e. The van der Waals surface area contributed by atoms with Crippen molar-refractivity contribution in [2.75, 3.05) is 7.11 Å². The molecule has 1 rings (SSSR count). The summed E-state index contributed by atoms with van der Waals surface area (Å²) in [5.41, 5.74) is 5.10. The van der Waals surface area contributed by atoms with Gasteiger partial charge in [-0.25, -0.2) is 4.39 Å². The Labute approximate surface area is 86.4 Å². The third kappa shape index (κ3) is 2.91. The van der Waals surface area contributed by atoms with E-state index >= 15 is 0 Å². The predicted molar refractivity (Wildman–Crippen MR) is 52.2 cm³/mol. The lowest BCUT2D eigenvalue weighted by atomic mass is 10.4. The number of hydrogen-bond acceptors (Lipinski definition) is 3. The van der Waals surface area contributed by atoms with Gasteiger partial charge in [0.1, 0.15) is 5.82 Å². The van der Waals surface area contributed by atoms with Crippen LogP contribution in [0.15, 0.2) is 33.6 Å². The van der Waals surface area contributed by atoms with E-state index in [4.69, 9.17) is 5.73 Å². The van der Waals surface area contributed by atoms with Crippen molar-refractivity contribution >= 4 is 16.0 Å². The van der Waals surface area contributed by atoms with Crippen LogP contribution in [0.5, 0.6) is 0 Å². The number of benzene rings is 1. The molecule has 0 saturated carbocycles. The van der Waals surface area contributed by atoms with Gasteiger partial charge >= 0.3 is 0 Å². The van der Waals surface area contributed by atoms with Gasteiger partial charge in [0, 0.05) is 0 Å². The molecule has 0 heterocycles. The zero-order valence-electron chi connectivity index (χ0n) is 7.84. The average molecular weight is 232 g/mol. The van der Waals surface area contributed by atoms with Crippen LogP contribution < -0.4 is 5.73 Å². The predicted octanol–water partition coefficient (Wildman–Crippen LogP) is 0.476. The number of methoxy groups -OCH3 is 1. The molecule has 0 radical (unpaired) electrons. The highest BCUT2D eigenvalue weighted by Gasteiger charge is 2.13. The van der Waals surface area contributed by atoms with Gasteiger partial charge in [-0.15, -0.1) is 4.40 Å². The Bertz CT molecular complexity index is 467. The van der Waals surface area contributed by atoms with E-state index in [-0.39, 0.29) is 4.90 Å². The molecule has 15 heavy (non-hydrogen) atoms. The topological polar surface area (TPSA) is 81.8 Å². The summed E-state index contributed by atoms with van der Waals surface area (Å²) in [6.45, 7) is 0. The lowest BCUT2D eigenvalue weighted by Crippen LogP contribution is -2.16. The molecule has 0 bridgehead atoms. The second-order valence-corrected chi connectivity index (χ2v) is 4.17. The lowest BCUT2D eigenvalue weighted by Gasteiger charge is -2.00. The number of nitrogens with two attached hydrogens (primary N) is 1. The van der Waals surface area contributed by atoms with E-state index in [9.17, 15) is 12.8 Å². The molecule has 0 aliphatic rings. The fourth-order valence-electron chi connectivity index (χ4n) is 0.815. The van der Waals surface area contributed by atoms with Crippen LogP contribution in [0, 0.1) is 5.82 Å². The zero-order valence-corrected chi connectivity index (χ0v) is 8.66. The molecular weight excluding hydrogens is 223 g/mol. The number of halogens is 1. The van der Waals surface area contributed by atoms with Gasteiger partial charge in [-0.2, -0.15) is 8.42 Å². The normalized spacial score (nSPS) is 12.5. The molecule has 1 aromatic carbocycles. The van der Waals surface area contributed by atoms with Gasteiger partial charge < -0.3 is 10.5 Å². The number of rotatable bonds is 2. The molecule has 0 saturated heterocycles. The first-order valence-corrected chi connectivity index (χ1v) is 5.30. The SMILES string of the molecule is CO/C(N)=N\S(=O)(=O)c1ccc(F)cc1. The highest BCUT2D eigenvalue weighted by atomic mass is 32.2. The minimum absolute atomic E-state index is 0.149. The third-order valence-electron chi connectivity index (χ3n) is 1.53. The Hall–Kier alpha value is -1.63. The molecule has 5 nitrogen and oxygen atoms in total. The van der Waals surface area contributed by atoms with Crippen molar-refractivity contribution in [3.63, 3.8) is 0 Å². The van der Waals surface area contributed by atoms with Crippen LogP contribution >= 0.6 is 0 Å². The number of ether oxygens (including phenoxy) is 1. The van der Waals surface area contributed by atoms with Crippen molar-refractivity contribution in [3.05, 3.63) is 30.1 Å². The monoisotopic (exact) mass is 232 g/mol. The maximum atomic E-state index is 12.5. The van der Waals surface area contributed by atoms with E-state index in [1.165, 1.54) is 7.11 Å². The van der Waals surface area contributed by atoms with Crippen molar-refractivity contribution in [1.29, 1.82) is 0 Å². The van der Waals surface area contributed by atoms with Gasteiger partial charge in [0.05, 0.1) is 12.0 Å². The average Bonchev–Trinajstić information content (AvgIpc) is 2.17. The van der Waals surface area contributed by atoms with Crippen LogP contribution in [-0.4, -0.2) is 21.5 Å². The van der Waals surface area contributed by atoms with Gasteiger partial charge in [0.15, 0.2) is 0 Å². The van der Waals surface area contributed by atoms with Crippen molar-refractivity contribution in [2.24, 2.45) is 10.1 Å². The first-order chi connectivity index (χ1) is 6.95. The Morgan fingerprint density at radius 3 is 2.40 bits per heavy atom. The second-order valence-electron chi connectivity index (χ2n) is 2.56. The van der Waals surface area contributed by atoms with Gasteiger partial charge in [0.2, 0.25) is 0 Å². The standard InChI is InChI=1S/C8H9FN2O3S/c1-14-8(10)11-15(12,13)7-4-2-6(9)3-5-7/h2-5H,1H3,(H2,10,11). The summed E-state index contributed by atoms with van der Waals surface area (Å²) in [7, 11) is -2.72. The Kier molecular flexibility index (Phi) is 3.25. The number of sulfonamides is 1. The van der Waals surface area contributed by atoms with Crippen molar-refractivity contribution in [3.8, 4) is 0 Å². The minimum atomic E-state index is -3.92. The molecule has 0 spiro atoms. The summed E-state index contributed by atoms with van der Waals surface area (Å²) >= 11 is 0. The Morgan fingerprint density at radius 1 is 1.40 bits per heavy atom. The quantitative estimate of drug-likeness (QED) is 0.593. The molecule has 0 unspecified atom stereocenters. The van der Waals surface area contributed by atoms with Crippen molar-refractivity contribution in [1.82, 2.24) is 0 Å².